The van der Waals surface area contributed by atoms with Crippen LogP contribution < -0.4 is 15.5 Å². The van der Waals surface area contributed by atoms with E-state index in [1.54, 1.807) is 0 Å². The lowest BCUT2D eigenvalue weighted by Crippen LogP contribution is -2.36. The number of rotatable bonds is 4. The van der Waals surface area contributed by atoms with E-state index in [1.807, 2.05) is 49.4 Å². The van der Waals surface area contributed by atoms with Crippen molar-refractivity contribution in [3.8, 4) is 11.3 Å². The maximum atomic E-state index is 12.7. The molecule has 0 aliphatic carbocycles. The van der Waals surface area contributed by atoms with E-state index < -0.39 is 0 Å². The lowest BCUT2D eigenvalue weighted by atomic mass is 10.0. The highest BCUT2D eigenvalue weighted by Crippen LogP contribution is 2.33. The molecule has 1 fully saturated rings. The Bertz CT molecular complexity index is 1330. The molecule has 0 radical (unpaired) electrons. The SMILES string of the molecule is Cc1ccc(-c2cc(N3CCOCC3)c3cc(NC(=O)Nc4ccccc4C)ccc3n2)cc1. The lowest BCUT2D eigenvalue weighted by molar-refractivity contribution is 0.123. The Labute approximate surface area is 199 Å². The zero-order valence-electron chi connectivity index (χ0n) is 19.5. The molecule has 5 rings (SSSR count). The van der Waals surface area contributed by atoms with E-state index in [4.69, 9.17) is 9.72 Å². The van der Waals surface area contributed by atoms with Crippen LogP contribution in [0.5, 0.6) is 0 Å². The monoisotopic (exact) mass is 452 g/mol. The van der Waals surface area contributed by atoms with Crippen molar-refractivity contribution in [3.63, 3.8) is 0 Å². The molecule has 0 unspecified atom stereocenters. The Kier molecular flexibility index (Phi) is 6.14. The van der Waals surface area contributed by atoms with Crippen LogP contribution in [0.25, 0.3) is 22.2 Å². The summed E-state index contributed by atoms with van der Waals surface area (Å²) in [5, 5.41) is 6.90. The molecule has 0 atom stereocenters. The molecule has 3 aromatic carbocycles. The molecule has 0 spiro atoms. The fraction of sp³-hybridized carbons (Fsp3) is 0.214. The zero-order chi connectivity index (χ0) is 23.5. The first kappa shape index (κ1) is 21.9. The van der Waals surface area contributed by atoms with Crippen molar-refractivity contribution in [1.29, 1.82) is 0 Å². The number of nitrogens with zero attached hydrogens (tertiary/aromatic N) is 2. The summed E-state index contributed by atoms with van der Waals surface area (Å²) in [4.78, 5) is 19.9. The van der Waals surface area contributed by atoms with Gasteiger partial charge in [0, 0.05) is 41.1 Å². The zero-order valence-corrected chi connectivity index (χ0v) is 19.5. The average Bonchev–Trinajstić information content (AvgIpc) is 2.86. The molecule has 6 heteroatoms. The molecule has 0 saturated carbocycles. The maximum absolute atomic E-state index is 12.7. The predicted molar refractivity (Wildman–Crippen MR) is 139 cm³/mol. The number of anilines is 3. The van der Waals surface area contributed by atoms with Crippen molar-refractivity contribution < 1.29 is 9.53 Å². The molecule has 1 aliphatic rings. The minimum absolute atomic E-state index is 0.272. The number of para-hydroxylation sites is 1. The van der Waals surface area contributed by atoms with Gasteiger partial charge in [0.05, 0.1) is 24.4 Å². The summed E-state index contributed by atoms with van der Waals surface area (Å²) in [6.45, 7) is 7.08. The molecule has 2 amide bonds. The van der Waals surface area contributed by atoms with Gasteiger partial charge in [-0.2, -0.15) is 0 Å². The van der Waals surface area contributed by atoms with Crippen LogP contribution in [0.1, 0.15) is 11.1 Å². The molecular weight excluding hydrogens is 424 g/mol. The second-order valence-corrected chi connectivity index (χ2v) is 8.62. The van der Waals surface area contributed by atoms with Gasteiger partial charge in [-0.25, -0.2) is 9.78 Å². The smallest absolute Gasteiger partial charge is 0.323 e. The topological polar surface area (TPSA) is 66.5 Å². The van der Waals surface area contributed by atoms with Gasteiger partial charge in [0.15, 0.2) is 0 Å². The molecule has 34 heavy (non-hydrogen) atoms. The molecule has 172 valence electrons. The van der Waals surface area contributed by atoms with Gasteiger partial charge < -0.3 is 20.3 Å². The van der Waals surface area contributed by atoms with Gasteiger partial charge in [-0.1, -0.05) is 48.0 Å². The summed E-state index contributed by atoms with van der Waals surface area (Å²) in [5.41, 5.74) is 7.76. The van der Waals surface area contributed by atoms with Crippen LogP contribution in [0.4, 0.5) is 21.9 Å². The first-order valence-corrected chi connectivity index (χ1v) is 11.5. The summed E-state index contributed by atoms with van der Waals surface area (Å²) in [5.74, 6) is 0. The Hall–Kier alpha value is -3.90. The van der Waals surface area contributed by atoms with E-state index in [9.17, 15) is 4.79 Å². The molecule has 0 bridgehead atoms. The number of ether oxygens (including phenoxy) is 1. The van der Waals surface area contributed by atoms with Gasteiger partial charge in [-0.3, -0.25) is 0 Å². The second kappa shape index (κ2) is 9.53. The van der Waals surface area contributed by atoms with Crippen molar-refractivity contribution in [2.24, 2.45) is 0 Å². The molecule has 1 aromatic heterocycles. The standard InChI is InChI=1S/C28H28N4O2/c1-19-7-9-21(10-8-19)26-18-27(32-13-15-34-16-14-32)23-17-22(11-12-25(23)30-26)29-28(33)31-24-6-4-3-5-20(24)2/h3-12,17-18H,13-16H2,1-2H3,(H2,29,31,33). The van der Waals surface area contributed by atoms with E-state index in [0.717, 1.165) is 57.9 Å². The highest BCUT2D eigenvalue weighted by molar-refractivity contribution is 6.03. The lowest BCUT2D eigenvalue weighted by Gasteiger charge is -2.30. The minimum atomic E-state index is -0.272. The summed E-state index contributed by atoms with van der Waals surface area (Å²) in [7, 11) is 0. The van der Waals surface area contributed by atoms with Crippen LogP contribution in [0.3, 0.4) is 0 Å². The largest absolute Gasteiger partial charge is 0.378 e. The van der Waals surface area contributed by atoms with Crippen molar-refractivity contribution in [2.45, 2.75) is 13.8 Å². The number of hydrogen-bond donors (Lipinski definition) is 2. The van der Waals surface area contributed by atoms with Crippen LogP contribution >= 0.6 is 0 Å². The fourth-order valence-electron chi connectivity index (χ4n) is 4.22. The minimum Gasteiger partial charge on any atom is -0.378 e. The van der Waals surface area contributed by atoms with Crippen LogP contribution in [0.15, 0.2) is 72.8 Å². The summed E-state index contributed by atoms with van der Waals surface area (Å²) >= 11 is 0. The van der Waals surface area contributed by atoms with E-state index in [-0.39, 0.29) is 6.03 Å². The van der Waals surface area contributed by atoms with E-state index in [1.165, 1.54) is 5.56 Å². The normalized spacial score (nSPS) is 13.6. The second-order valence-electron chi connectivity index (χ2n) is 8.62. The van der Waals surface area contributed by atoms with E-state index in [0.29, 0.717) is 13.2 Å². The number of benzene rings is 3. The van der Waals surface area contributed by atoms with Crippen molar-refractivity contribution in [1.82, 2.24) is 4.98 Å². The summed E-state index contributed by atoms with van der Waals surface area (Å²) in [6.07, 6.45) is 0. The average molecular weight is 453 g/mol. The highest BCUT2D eigenvalue weighted by atomic mass is 16.5. The van der Waals surface area contributed by atoms with E-state index >= 15 is 0 Å². The van der Waals surface area contributed by atoms with Gasteiger partial charge in [0.1, 0.15) is 0 Å². The van der Waals surface area contributed by atoms with Crippen LogP contribution in [0, 0.1) is 13.8 Å². The molecular formula is C28H28N4O2. The molecule has 6 nitrogen and oxygen atoms in total. The first-order chi connectivity index (χ1) is 16.6. The fourth-order valence-corrected chi connectivity index (χ4v) is 4.22. The molecule has 1 saturated heterocycles. The first-order valence-electron chi connectivity index (χ1n) is 11.5. The number of fused-ring (bicyclic) bond motifs is 1. The third-order valence-electron chi connectivity index (χ3n) is 6.14. The number of pyridine rings is 1. The van der Waals surface area contributed by atoms with Gasteiger partial charge in [-0.15, -0.1) is 0 Å². The van der Waals surface area contributed by atoms with Crippen LogP contribution in [-0.2, 0) is 4.74 Å². The van der Waals surface area contributed by atoms with Gasteiger partial charge >= 0.3 is 6.03 Å². The summed E-state index contributed by atoms with van der Waals surface area (Å²) in [6, 6.07) is 23.9. The Balaban J connectivity index is 1.49. The Morgan fingerprint density at radius 2 is 1.68 bits per heavy atom. The van der Waals surface area contributed by atoms with Crippen molar-refractivity contribution in [3.05, 3.63) is 83.9 Å². The van der Waals surface area contributed by atoms with Gasteiger partial charge in [0.25, 0.3) is 0 Å². The third-order valence-corrected chi connectivity index (χ3v) is 6.14. The Morgan fingerprint density at radius 1 is 0.912 bits per heavy atom. The van der Waals surface area contributed by atoms with Gasteiger partial charge in [-0.05, 0) is 49.7 Å². The number of hydrogen-bond acceptors (Lipinski definition) is 4. The van der Waals surface area contributed by atoms with Crippen molar-refractivity contribution >= 4 is 34.0 Å². The third kappa shape index (κ3) is 4.72. The maximum Gasteiger partial charge on any atom is 0.323 e. The highest BCUT2D eigenvalue weighted by Gasteiger charge is 2.17. The number of urea groups is 1. The summed E-state index contributed by atoms with van der Waals surface area (Å²) < 4.78 is 5.58. The predicted octanol–water partition coefficient (Wildman–Crippen LogP) is 6.00. The molecule has 2 heterocycles. The molecule has 4 aromatic rings. The van der Waals surface area contributed by atoms with Gasteiger partial charge in [0.2, 0.25) is 0 Å². The number of aryl methyl sites for hydroxylation is 2. The quantitative estimate of drug-likeness (QED) is 0.399. The number of carbonyl (C=O) groups is 1. The van der Waals surface area contributed by atoms with Crippen molar-refractivity contribution in [2.75, 3.05) is 41.8 Å². The van der Waals surface area contributed by atoms with Crippen LogP contribution in [0.2, 0.25) is 0 Å². The number of amides is 2. The van der Waals surface area contributed by atoms with Crippen LogP contribution in [-0.4, -0.2) is 37.3 Å². The number of nitrogens with one attached hydrogen (secondary N) is 2. The molecule has 2 N–H and O–H groups in total. The number of morpholine rings is 1. The number of aromatic nitrogens is 1. The number of carbonyl (C=O) groups excluding carboxylic acids is 1. The Morgan fingerprint density at radius 3 is 2.44 bits per heavy atom. The molecule has 1 aliphatic heterocycles. The van der Waals surface area contributed by atoms with E-state index in [2.05, 4.69) is 52.8 Å².